The molecule has 8 nitrogen and oxygen atoms in total. The molecule has 1 saturated heterocycles. The minimum absolute atomic E-state index is 0.0601. The van der Waals surface area contributed by atoms with Crippen molar-refractivity contribution in [1.29, 1.82) is 0 Å². The first-order chi connectivity index (χ1) is 18.6. The monoisotopic (exact) mass is 514 g/mol. The van der Waals surface area contributed by atoms with Gasteiger partial charge in [0, 0.05) is 38.1 Å². The molecule has 0 bridgehead atoms. The molecule has 2 aromatic carbocycles. The number of nitrogens with one attached hydrogen (secondary N) is 3. The summed E-state index contributed by atoms with van der Waals surface area (Å²) in [5, 5.41) is 13.4. The molecule has 0 amide bonds. The first-order valence-corrected chi connectivity index (χ1v) is 13.7. The SMILES string of the molecule is CCCCN1CCN(c2cc(C)c3nc(-c4c(NC(CO)Cc5ccccc5)cc[nH]c4=O)[nH]c3c2)CC1. The summed E-state index contributed by atoms with van der Waals surface area (Å²) >= 11 is 0. The molecule has 8 heteroatoms. The minimum Gasteiger partial charge on any atom is -0.394 e. The fraction of sp³-hybridized carbons (Fsp3) is 0.400. The van der Waals surface area contributed by atoms with Crippen LogP contribution in [0, 0.1) is 6.92 Å². The van der Waals surface area contributed by atoms with Crippen LogP contribution in [-0.4, -0.2) is 70.3 Å². The largest absolute Gasteiger partial charge is 0.394 e. The number of H-pyrrole nitrogens is 2. The van der Waals surface area contributed by atoms with Crippen molar-refractivity contribution in [3.8, 4) is 11.4 Å². The molecule has 38 heavy (non-hydrogen) atoms. The van der Waals surface area contributed by atoms with Gasteiger partial charge in [-0.25, -0.2) is 4.98 Å². The quantitative estimate of drug-likeness (QED) is 0.254. The second-order valence-electron chi connectivity index (χ2n) is 10.2. The molecule has 0 radical (unpaired) electrons. The molecule has 1 aliphatic heterocycles. The smallest absolute Gasteiger partial charge is 0.261 e. The Bertz CT molecular complexity index is 1410. The summed E-state index contributed by atoms with van der Waals surface area (Å²) in [6.07, 6.45) is 4.74. The normalized spacial score (nSPS) is 15.2. The number of aromatic nitrogens is 3. The van der Waals surface area contributed by atoms with Crippen molar-refractivity contribution in [3.63, 3.8) is 0 Å². The number of aromatic amines is 2. The average molecular weight is 515 g/mol. The number of unbranched alkanes of at least 4 members (excludes halogenated alkanes) is 1. The fourth-order valence-corrected chi connectivity index (χ4v) is 5.30. The molecule has 2 aromatic heterocycles. The van der Waals surface area contributed by atoms with Gasteiger partial charge in [0.05, 0.1) is 29.4 Å². The summed E-state index contributed by atoms with van der Waals surface area (Å²) in [5.41, 5.74) is 6.01. The molecule has 1 aliphatic rings. The van der Waals surface area contributed by atoms with E-state index in [1.54, 1.807) is 6.20 Å². The Morgan fingerprint density at radius 1 is 1.11 bits per heavy atom. The van der Waals surface area contributed by atoms with Gasteiger partial charge in [-0.2, -0.15) is 0 Å². The number of pyridine rings is 1. The Balaban J connectivity index is 1.40. The standard InChI is InChI=1S/C30H38N6O2/c1-3-4-12-35-13-15-36(16-14-35)24-17-21(2)28-26(19-24)33-29(34-28)27-25(10-11-31-30(27)38)32-23(20-37)18-22-8-6-5-7-9-22/h5-11,17,19,23,37H,3-4,12-16,18,20H2,1-2H3,(H,33,34)(H2,31,32,38). The van der Waals surface area contributed by atoms with Crippen molar-refractivity contribution < 1.29 is 5.11 Å². The van der Waals surface area contributed by atoms with Crippen LogP contribution in [0.25, 0.3) is 22.4 Å². The lowest BCUT2D eigenvalue weighted by Crippen LogP contribution is -2.46. The summed E-state index contributed by atoms with van der Waals surface area (Å²) in [7, 11) is 0. The van der Waals surface area contributed by atoms with Crippen LogP contribution in [-0.2, 0) is 6.42 Å². The number of hydrogen-bond acceptors (Lipinski definition) is 6. The molecule has 4 N–H and O–H groups in total. The number of piperazine rings is 1. The second-order valence-corrected chi connectivity index (χ2v) is 10.2. The lowest BCUT2D eigenvalue weighted by Gasteiger charge is -2.36. The van der Waals surface area contributed by atoms with Gasteiger partial charge >= 0.3 is 0 Å². The summed E-state index contributed by atoms with van der Waals surface area (Å²) in [5.74, 6) is 0.519. The van der Waals surface area contributed by atoms with Crippen LogP contribution in [0.1, 0.15) is 30.9 Å². The van der Waals surface area contributed by atoms with Crippen LogP contribution in [0.2, 0.25) is 0 Å². The van der Waals surface area contributed by atoms with Crippen LogP contribution in [0.5, 0.6) is 0 Å². The molecule has 200 valence electrons. The average Bonchev–Trinajstić information content (AvgIpc) is 3.37. The Kier molecular flexibility index (Phi) is 8.10. The summed E-state index contributed by atoms with van der Waals surface area (Å²) in [6, 6.07) is 15.9. The molecule has 5 rings (SSSR count). The van der Waals surface area contributed by atoms with Gasteiger partial charge in [0.25, 0.3) is 5.56 Å². The number of imidazole rings is 1. The fourth-order valence-electron chi connectivity index (χ4n) is 5.30. The molecule has 0 aliphatic carbocycles. The molecule has 4 aromatic rings. The first kappa shape index (κ1) is 26.0. The van der Waals surface area contributed by atoms with Crippen LogP contribution >= 0.6 is 0 Å². The zero-order valence-electron chi connectivity index (χ0n) is 22.3. The van der Waals surface area contributed by atoms with Crippen LogP contribution in [0.15, 0.2) is 59.5 Å². The number of fused-ring (bicyclic) bond motifs is 1. The van der Waals surface area contributed by atoms with Gasteiger partial charge in [-0.05, 0) is 55.6 Å². The number of benzene rings is 2. The van der Waals surface area contributed by atoms with Crippen molar-refractivity contribution in [2.45, 2.75) is 39.2 Å². The van der Waals surface area contributed by atoms with Crippen molar-refractivity contribution in [3.05, 3.63) is 76.2 Å². The first-order valence-electron chi connectivity index (χ1n) is 13.7. The van der Waals surface area contributed by atoms with Crippen molar-refractivity contribution in [2.24, 2.45) is 0 Å². The third kappa shape index (κ3) is 5.76. The number of hydrogen-bond donors (Lipinski definition) is 4. The van der Waals surface area contributed by atoms with Crippen molar-refractivity contribution >= 4 is 22.4 Å². The molecule has 0 saturated carbocycles. The predicted octanol–water partition coefficient (Wildman–Crippen LogP) is 4.16. The Hall–Kier alpha value is -3.62. The molecule has 1 atom stereocenters. The van der Waals surface area contributed by atoms with Crippen LogP contribution in [0.3, 0.4) is 0 Å². The third-order valence-corrected chi connectivity index (χ3v) is 7.43. The molecule has 3 heterocycles. The molecule has 0 spiro atoms. The van der Waals surface area contributed by atoms with E-state index in [0.717, 1.165) is 48.3 Å². The second kappa shape index (κ2) is 11.8. The van der Waals surface area contributed by atoms with E-state index in [2.05, 4.69) is 51.1 Å². The lowest BCUT2D eigenvalue weighted by molar-refractivity contribution is 0.254. The van der Waals surface area contributed by atoms with Gasteiger partial charge in [-0.1, -0.05) is 43.7 Å². The van der Waals surface area contributed by atoms with Gasteiger partial charge in [-0.15, -0.1) is 0 Å². The summed E-state index contributed by atoms with van der Waals surface area (Å²) in [4.78, 5) is 29.1. The van der Waals surface area contributed by atoms with E-state index in [4.69, 9.17) is 4.98 Å². The van der Waals surface area contributed by atoms with E-state index in [1.165, 1.54) is 25.1 Å². The predicted molar refractivity (Wildman–Crippen MR) is 155 cm³/mol. The number of anilines is 2. The molecule has 1 unspecified atom stereocenters. The highest BCUT2D eigenvalue weighted by molar-refractivity contribution is 5.87. The highest BCUT2D eigenvalue weighted by atomic mass is 16.3. The van der Waals surface area contributed by atoms with E-state index < -0.39 is 0 Å². The van der Waals surface area contributed by atoms with Gasteiger partial charge in [-0.3, -0.25) is 9.69 Å². The van der Waals surface area contributed by atoms with E-state index >= 15 is 0 Å². The lowest BCUT2D eigenvalue weighted by atomic mass is 10.1. The maximum atomic E-state index is 13.0. The Morgan fingerprint density at radius 2 is 1.89 bits per heavy atom. The van der Waals surface area contributed by atoms with E-state index in [-0.39, 0.29) is 18.2 Å². The Morgan fingerprint density at radius 3 is 2.63 bits per heavy atom. The molecular formula is C30H38N6O2. The van der Waals surface area contributed by atoms with Gasteiger partial charge < -0.3 is 25.3 Å². The van der Waals surface area contributed by atoms with Crippen molar-refractivity contribution in [1.82, 2.24) is 19.9 Å². The van der Waals surface area contributed by atoms with Crippen molar-refractivity contribution in [2.75, 3.05) is 49.5 Å². The Labute approximate surface area is 223 Å². The van der Waals surface area contributed by atoms with E-state index in [9.17, 15) is 9.90 Å². The summed E-state index contributed by atoms with van der Waals surface area (Å²) < 4.78 is 0. The maximum absolute atomic E-state index is 13.0. The minimum atomic E-state index is -0.244. The third-order valence-electron chi connectivity index (χ3n) is 7.43. The highest BCUT2D eigenvalue weighted by Gasteiger charge is 2.21. The number of rotatable bonds is 10. The number of aliphatic hydroxyl groups excluding tert-OH is 1. The van der Waals surface area contributed by atoms with Crippen LogP contribution < -0.4 is 15.8 Å². The summed E-state index contributed by atoms with van der Waals surface area (Å²) in [6.45, 7) is 9.60. The number of nitrogens with zero attached hydrogens (tertiary/aromatic N) is 3. The molecular weight excluding hydrogens is 476 g/mol. The van der Waals surface area contributed by atoms with Crippen LogP contribution in [0.4, 0.5) is 11.4 Å². The molecule has 1 fully saturated rings. The topological polar surface area (TPSA) is 100 Å². The van der Waals surface area contributed by atoms with Gasteiger partial charge in [0.2, 0.25) is 0 Å². The maximum Gasteiger partial charge on any atom is 0.261 e. The van der Waals surface area contributed by atoms with E-state index in [1.807, 2.05) is 36.4 Å². The van der Waals surface area contributed by atoms with Gasteiger partial charge in [0.1, 0.15) is 11.4 Å². The van der Waals surface area contributed by atoms with E-state index in [0.29, 0.717) is 23.5 Å². The highest BCUT2D eigenvalue weighted by Crippen LogP contribution is 2.30. The van der Waals surface area contributed by atoms with Gasteiger partial charge in [0.15, 0.2) is 0 Å². The zero-order chi connectivity index (χ0) is 26.5. The zero-order valence-corrected chi connectivity index (χ0v) is 22.3. The number of aryl methyl sites for hydroxylation is 1. The number of aliphatic hydroxyl groups is 1.